The van der Waals surface area contributed by atoms with Crippen LogP contribution in [0.5, 0.6) is 11.5 Å². The quantitative estimate of drug-likeness (QED) is 0.226. The molecule has 3 aromatic carbocycles. The predicted octanol–water partition coefficient (Wildman–Crippen LogP) is 6.66. The second-order valence-electron chi connectivity index (χ2n) is 8.13. The van der Waals surface area contributed by atoms with Gasteiger partial charge in [0.15, 0.2) is 10.9 Å². The fourth-order valence-electron chi connectivity index (χ4n) is 3.83. The van der Waals surface area contributed by atoms with E-state index in [9.17, 15) is 12.8 Å². The number of hydrogen-bond donors (Lipinski definition) is 1. The second kappa shape index (κ2) is 11.5. The molecule has 12 heteroatoms. The van der Waals surface area contributed by atoms with Gasteiger partial charge in [-0.15, -0.1) is 11.3 Å². The molecule has 0 aliphatic heterocycles. The monoisotopic (exact) mass is 579 g/mol. The van der Waals surface area contributed by atoms with E-state index in [1.165, 1.54) is 32.5 Å². The van der Waals surface area contributed by atoms with E-state index in [1.54, 1.807) is 48.7 Å². The van der Waals surface area contributed by atoms with Crippen molar-refractivity contribution in [2.75, 3.05) is 23.8 Å². The summed E-state index contributed by atoms with van der Waals surface area (Å²) in [5, 5.41) is 4.26. The normalized spacial score (nSPS) is 12.2. The van der Waals surface area contributed by atoms with Gasteiger partial charge in [-0.25, -0.2) is 26.5 Å². The molecule has 0 saturated heterocycles. The van der Waals surface area contributed by atoms with Crippen LogP contribution in [0.1, 0.15) is 24.1 Å². The maximum atomic E-state index is 15.6. The molecule has 1 heterocycles. The Bertz CT molecular complexity index is 1540. The molecule has 200 valence electrons. The van der Waals surface area contributed by atoms with Gasteiger partial charge in [-0.2, -0.15) is 0 Å². The standard InChI is InChI=1S/C26H24ClF2N3O4S2/c1-16(19-6-4-5-7-20(19)28)31-21-10-11-23(25(29)24(21)27)38(33,34)32(26-30-12-13-37-26)15-17-8-9-18(35-2)14-22(17)36-3/h4-14,16,31H,15H2,1-3H3/t16-/m0/s1. The van der Waals surface area contributed by atoms with Gasteiger partial charge in [0.1, 0.15) is 27.2 Å². The first kappa shape index (κ1) is 27.6. The van der Waals surface area contributed by atoms with Gasteiger partial charge in [0, 0.05) is 28.8 Å². The Morgan fingerprint density at radius 1 is 1.11 bits per heavy atom. The fraction of sp³-hybridized carbons (Fsp3) is 0.192. The number of hydrogen-bond acceptors (Lipinski definition) is 7. The van der Waals surface area contributed by atoms with Crippen LogP contribution < -0.4 is 19.1 Å². The summed E-state index contributed by atoms with van der Waals surface area (Å²) in [4.78, 5) is 3.51. The molecule has 1 N–H and O–H groups in total. The van der Waals surface area contributed by atoms with Gasteiger partial charge < -0.3 is 14.8 Å². The van der Waals surface area contributed by atoms with Crippen molar-refractivity contribution in [3.63, 3.8) is 0 Å². The summed E-state index contributed by atoms with van der Waals surface area (Å²) in [5.41, 5.74) is 0.983. The van der Waals surface area contributed by atoms with Crippen molar-refractivity contribution >= 4 is 43.8 Å². The van der Waals surface area contributed by atoms with Crippen molar-refractivity contribution in [2.45, 2.75) is 24.4 Å². The van der Waals surface area contributed by atoms with E-state index >= 15 is 4.39 Å². The second-order valence-corrected chi connectivity index (χ2v) is 11.2. The molecule has 0 amide bonds. The molecule has 0 fully saturated rings. The summed E-state index contributed by atoms with van der Waals surface area (Å²) >= 11 is 7.37. The molecule has 0 aliphatic rings. The topological polar surface area (TPSA) is 80.8 Å². The molecule has 4 aromatic rings. The highest BCUT2D eigenvalue weighted by Gasteiger charge is 2.32. The highest BCUT2D eigenvalue weighted by molar-refractivity contribution is 7.93. The van der Waals surface area contributed by atoms with Crippen LogP contribution in [0.15, 0.2) is 71.1 Å². The molecule has 0 radical (unpaired) electrons. The van der Waals surface area contributed by atoms with Crippen LogP contribution >= 0.6 is 22.9 Å². The van der Waals surface area contributed by atoms with Crippen LogP contribution in [0, 0.1) is 11.6 Å². The zero-order chi connectivity index (χ0) is 27.4. The van der Waals surface area contributed by atoms with Gasteiger partial charge in [0.25, 0.3) is 10.0 Å². The number of sulfonamides is 1. The third kappa shape index (κ3) is 5.54. The summed E-state index contributed by atoms with van der Waals surface area (Å²) in [6, 6.07) is 13.0. The third-order valence-corrected chi connectivity index (χ3v) is 8.83. The van der Waals surface area contributed by atoms with Crippen LogP contribution in [0.3, 0.4) is 0 Å². The zero-order valence-electron chi connectivity index (χ0n) is 20.6. The van der Waals surface area contributed by atoms with Crippen molar-refractivity contribution in [2.24, 2.45) is 0 Å². The Balaban J connectivity index is 1.70. The number of benzene rings is 3. The van der Waals surface area contributed by atoms with Crippen LogP contribution in [0.25, 0.3) is 0 Å². The third-order valence-electron chi connectivity index (χ3n) is 5.80. The number of aromatic nitrogens is 1. The molecule has 1 atom stereocenters. The summed E-state index contributed by atoms with van der Waals surface area (Å²) < 4.78 is 69.0. The van der Waals surface area contributed by atoms with Gasteiger partial charge in [-0.3, -0.25) is 0 Å². The highest BCUT2D eigenvalue weighted by Crippen LogP contribution is 2.37. The lowest BCUT2D eigenvalue weighted by atomic mass is 10.1. The number of halogens is 3. The first-order valence-corrected chi connectivity index (χ1v) is 14.0. The minimum Gasteiger partial charge on any atom is -0.497 e. The van der Waals surface area contributed by atoms with Gasteiger partial charge in [0.2, 0.25) is 0 Å². The maximum Gasteiger partial charge on any atom is 0.269 e. The average Bonchev–Trinajstić information content (AvgIpc) is 3.44. The predicted molar refractivity (Wildman–Crippen MR) is 145 cm³/mol. The molecule has 0 unspecified atom stereocenters. The number of nitrogens with one attached hydrogen (secondary N) is 1. The van der Waals surface area contributed by atoms with Gasteiger partial charge in [0.05, 0.1) is 32.5 Å². The largest absolute Gasteiger partial charge is 0.497 e. The van der Waals surface area contributed by atoms with E-state index in [0.717, 1.165) is 21.7 Å². The lowest BCUT2D eigenvalue weighted by Gasteiger charge is -2.24. The number of anilines is 2. The lowest BCUT2D eigenvalue weighted by molar-refractivity contribution is 0.391. The van der Waals surface area contributed by atoms with E-state index in [1.807, 2.05) is 0 Å². The first-order valence-electron chi connectivity index (χ1n) is 11.3. The fourth-order valence-corrected chi connectivity index (χ4v) is 6.44. The Morgan fingerprint density at radius 3 is 2.53 bits per heavy atom. The first-order chi connectivity index (χ1) is 18.2. The molecule has 0 spiro atoms. The maximum absolute atomic E-state index is 15.6. The number of thiazole rings is 1. The summed E-state index contributed by atoms with van der Waals surface area (Å²) in [7, 11) is -1.52. The Hall–Kier alpha value is -3.41. The van der Waals surface area contributed by atoms with Crippen molar-refractivity contribution in [1.29, 1.82) is 0 Å². The minimum atomic E-state index is -4.47. The highest BCUT2D eigenvalue weighted by atomic mass is 35.5. The van der Waals surface area contributed by atoms with Crippen molar-refractivity contribution in [3.05, 3.63) is 94.0 Å². The van der Waals surface area contributed by atoms with Gasteiger partial charge in [-0.1, -0.05) is 29.8 Å². The molecule has 0 aliphatic carbocycles. The molecule has 4 rings (SSSR count). The lowest BCUT2D eigenvalue weighted by Crippen LogP contribution is -2.31. The Morgan fingerprint density at radius 2 is 1.87 bits per heavy atom. The molecular weight excluding hydrogens is 556 g/mol. The number of rotatable bonds is 10. The summed E-state index contributed by atoms with van der Waals surface area (Å²) in [6.07, 6.45) is 1.45. The van der Waals surface area contributed by atoms with Crippen molar-refractivity contribution in [3.8, 4) is 11.5 Å². The van der Waals surface area contributed by atoms with Crippen molar-refractivity contribution < 1.29 is 26.7 Å². The summed E-state index contributed by atoms with van der Waals surface area (Å²) in [5.74, 6) is -0.655. The number of nitrogens with zero attached hydrogens (tertiary/aromatic N) is 2. The van der Waals surface area contributed by atoms with E-state index in [0.29, 0.717) is 22.6 Å². The van der Waals surface area contributed by atoms with Crippen LogP contribution in [0.4, 0.5) is 19.6 Å². The SMILES string of the molecule is COc1ccc(CN(c2nccs2)S(=O)(=O)c2ccc(N[C@@H](C)c3ccccc3F)c(Cl)c2F)c(OC)c1. The van der Waals surface area contributed by atoms with E-state index in [-0.39, 0.29) is 17.4 Å². The summed E-state index contributed by atoms with van der Waals surface area (Å²) in [6.45, 7) is 1.49. The molecular formula is C26H24ClF2N3O4S2. The molecule has 1 aromatic heterocycles. The Labute approximate surface area is 228 Å². The molecule has 0 saturated carbocycles. The van der Waals surface area contributed by atoms with E-state index < -0.39 is 37.6 Å². The van der Waals surface area contributed by atoms with Gasteiger partial charge in [-0.05, 0) is 37.3 Å². The van der Waals surface area contributed by atoms with Crippen LogP contribution in [0.2, 0.25) is 5.02 Å². The average molecular weight is 580 g/mol. The van der Waals surface area contributed by atoms with Crippen LogP contribution in [-0.2, 0) is 16.6 Å². The smallest absolute Gasteiger partial charge is 0.269 e. The van der Waals surface area contributed by atoms with E-state index in [4.69, 9.17) is 21.1 Å². The number of methoxy groups -OCH3 is 2. The number of ether oxygens (including phenoxy) is 2. The van der Waals surface area contributed by atoms with E-state index in [2.05, 4.69) is 10.3 Å². The molecule has 7 nitrogen and oxygen atoms in total. The minimum absolute atomic E-state index is 0.122. The van der Waals surface area contributed by atoms with Crippen molar-refractivity contribution in [1.82, 2.24) is 4.98 Å². The Kier molecular flexibility index (Phi) is 8.39. The molecule has 38 heavy (non-hydrogen) atoms. The van der Waals surface area contributed by atoms with Gasteiger partial charge >= 0.3 is 0 Å². The zero-order valence-corrected chi connectivity index (χ0v) is 23.0. The molecule has 0 bridgehead atoms. The van der Waals surface area contributed by atoms with Crippen LogP contribution in [-0.4, -0.2) is 27.6 Å².